The molecule has 0 aliphatic heterocycles. The number of carbonyl (C=O) groups is 1. The van der Waals surface area contributed by atoms with Gasteiger partial charge in [0.2, 0.25) is 0 Å². The summed E-state index contributed by atoms with van der Waals surface area (Å²) in [6.07, 6.45) is 3.40. The van der Waals surface area contributed by atoms with Crippen LogP contribution in [0.5, 0.6) is 5.75 Å². The van der Waals surface area contributed by atoms with Crippen molar-refractivity contribution < 1.29 is 9.53 Å². The normalized spacial score (nSPS) is 10.8. The van der Waals surface area contributed by atoms with Crippen LogP contribution in [-0.2, 0) is 13.2 Å². The Balaban J connectivity index is 1.34. The fourth-order valence-electron chi connectivity index (χ4n) is 2.95. The van der Waals surface area contributed by atoms with E-state index in [0.717, 1.165) is 22.4 Å². The van der Waals surface area contributed by atoms with Gasteiger partial charge in [-0.1, -0.05) is 41.4 Å². The lowest BCUT2D eigenvalue weighted by Crippen LogP contribution is -2.09. The van der Waals surface area contributed by atoms with Crippen LogP contribution < -0.4 is 10.1 Å². The fourth-order valence-corrected chi connectivity index (χ4v) is 4.06. The molecule has 0 spiro atoms. The third-order valence-electron chi connectivity index (χ3n) is 4.59. The van der Waals surface area contributed by atoms with E-state index in [1.54, 1.807) is 17.1 Å². The van der Waals surface area contributed by atoms with Crippen molar-refractivity contribution in [3.8, 4) is 5.75 Å². The summed E-state index contributed by atoms with van der Waals surface area (Å²) in [7, 11) is 0. The van der Waals surface area contributed by atoms with E-state index in [1.165, 1.54) is 11.3 Å². The Kier molecular flexibility index (Phi) is 6.61. The molecule has 0 aliphatic rings. The van der Waals surface area contributed by atoms with Crippen molar-refractivity contribution in [2.24, 2.45) is 0 Å². The number of nitrogens with one attached hydrogen (secondary N) is 1. The highest BCUT2D eigenvalue weighted by Crippen LogP contribution is 2.23. The zero-order valence-electron chi connectivity index (χ0n) is 16.6. The summed E-state index contributed by atoms with van der Waals surface area (Å²) >= 11 is 13.6. The van der Waals surface area contributed by atoms with Crippen molar-refractivity contribution in [2.45, 2.75) is 20.1 Å². The van der Waals surface area contributed by atoms with E-state index < -0.39 is 0 Å². The first kappa shape index (κ1) is 21.4. The number of nitrogens with zero attached hydrogens (tertiary/aromatic N) is 2. The highest BCUT2D eigenvalue weighted by Gasteiger charge is 2.12. The first-order chi connectivity index (χ1) is 15.0. The molecule has 31 heavy (non-hydrogen) atoms. The van der Waals surface area contributed by atoms with Gasteiger partial charge in [-0.3, -0.25) is 9.48 Å². The SMILES string of the molecule is Cc1cc(OCc2csc(C(=O)Nc3cnn(Cc4ccccc4Cl)c3)c2)ccc1Cl. The van der Waals surface area contributed by atoms with Crippen molar-refractivity contribution in [3.63, 3.8) is 0 Å². The Morgan fingerprint density at radius 1 is 1.16 bits per heavy atom. The summed E-state index contributed by atoms with van der Waals surface area (Å²) in [6, 6.07) is 15.0. The molecule has 0 saturated carbocycles. The number of aryl methyl sites for hydroxylation is 1. The van der Waals surface area contributed by atoms with E-state index in [9.17, 15) is 4.79 Å². The van der Waals surface area contributed by atoms with Crippen LogP contribution in [0.1, 0.15) is 26.4 Å². The van der Waals surface area contributed by atoms with Gasteiger partial charge in [-0.2, -0.15) is 5.10 Å². The average molecular weight is 472 g/mol. The predicted molar refractivity (Wildman–Crippen MR) is 126 cm³/mol. The minimum atomic E-state index is -0.184. The van der Waals surface area contributed by atoms with Gasteiger partial charge in [0.15, 0.2) is 0 Å². The molecule has 0 aliphatic carbocycles. The Morgan fingerprint density at radius 2 is 2.00 bits per heavy atom. The summed E-state index contributed by atoms with van der Waals surface area (Å²) in [6.45, 7) is 2.83. The second-order valence-corrected chi connectivity index (χ2v) is 8.72. The van der Waals surface area contributed by atoms with Gasteiger partial charge in [-0.05, 0) is 53.8 Å². The van der Waals surface area contributed by atoms with E-state index in [1.807, 2.05) is 60.8 Å². The van der Waals surface area contributed by atoms with Crippen LogP contribution in [0.4, 0.5) is 5.69 Å². The fraction of sp³-hybridized carbons (Fsp3) is 0.130. The van der Waals surface area contributed by atoms with Gasteiger partial charge in [0.1, 0.15) is 12.4 Å². The van der Waals surface area contributed by atoms with Gasteiger partial charge in [0.25, 0.3) is 5.91 Å². The molecule has 1 N–H and O–H groups in total. The number of amides is 1. The molecule has 2 aromatic heterocycles. The number of rotatable bonds is 7. The molecule has 8 heteroatoms. The lowest BCUT2D eigenvalue weighted by Gasteiger charge is -2.06. The number of halogens is 2. The van der Waals surface area contributed by atoms with Crippen molar-refractivity contribution in [1.82, 2.24) is 9.78 Å². The molecule has 0 bridgehead atoms. The van der Waals surface area contributed by atoms with E-state index >= 15 is 0 Å². The Bertz CT molecular complexity index is 1220. The van der Waals surface area contributed by atoms with Gasteiger partial charge in [0.05, 0.1) is 23.3 Å². The highest BCUT2D eigenvalue weighted by atomic mass is 35.5. The monoisotopic (exact) mass is 471 g/mol. The summed E-state index contributed by atoms with van der Waals surface area (Å²) in [5.41, 5.74) is 3.47. The van der Waals surface area contributed by atoms with E-state index in [-0.39, 0.29) is 5.91 Å². The Morgan fingerprint density at radius 3 is 2.81 bits per heavy atom. The molecule has 5 nitrogen and oxygen atoms in total. The number of anilines is 1. The summed E-state index contributed by atoms with van der Waals surface area (Å²) in [5.74, 6) is 0.556. The maximum absolute atomic E-state index is 12.6. The number of ether oxygens (including phenoxy) is 1. The molecule has 2 aromatic carbocycles. The molecular formula is C23H19Cl2N3O2S. The maximum atomic E-state index is 12.6. The topological polar surface area (TPSA) is 56.1 Å². The number of benzene rings is 2. The van der Waals surface area contributed by atoms with E-state index in [2.05, 4.69) is 10.4 Å². The number of aromatic nitrogens is 2. The van der Waals surface area contributed by atoms with Crippen molar-refractivity contribution in [1.29, 1.82) is 0 Å². The summed E-state index contributed by atoms with van der Waals surface area (Å²) < 4.78 is 7.54. The van der Waals surface area contributed by atoms with Gasteiger partial charge < -0.3 is 10.1 Å². The van der Waals surface area contributed by atoms with Crippen LogP contribution in [0.3, 0.4) is 0 Å². The second kappa shape index (κ2) is 9.56. The quantitative estimate of drug-likeness (QED) is 0.337. The number of thiophene rings is 1. The molecule has 4 aromatic rings. The molecule has 2 heterocycles. The van der Waals surface area contributed by atoms with Crippen LogP contribution in [0.15, 0.2) is 66.3 Å². The lowest BCUT2D eigenvalue weighted by molar-refractivity contribution is 0.103. The largest absolute Gasteiger partial charge is 0.489 e. The predicted octanol–water partition coefficient (Wildman–Crippen LogP) is 6.44. The van der Waals surface area contributed by atoms with Crippen LogP contribution in [0, 0.1) is 6.92 Å². The minimum absolute atomic E-state index is 0.184. The summed E-state index contributed by atoms with van der Waals surface area (Å²) in [5, 5.41) is 10.5. The summed E-state index contributed by atoms with van der Waals surface area (Å²) in [4.78, 5) is 13.2. The number of carbonyl (C=O) groups excluding carboxylic acids is 1. The Labute approximate surface area is 194 Å². The maximum Gasteiger partial charge on any atom is 0.265 e. The molecule has 0 fully saturated rings. The van der Waals surface area contributed by atoms with E-state index in [0.29, 0.717) is 33.8 Å². The van der Waals surface area contributed by atoms with Gasteiger partial charge >= 0.3 is 0 Å². The van der Waals surface area contributed by atoms with Crippen LogP contribution in [-0.4, -0.2) is 15.7 Å². The van der Waals surface area contributed by atoms with Crippen molar-refractivity contribution in [2.75, 3.05) is 5.32 Å². The van der Waals surface area contributed by atoms with Crippen molar-refractivity contribution in [3.05, 3.63) is 97.9 Å². The molecule has 0 radical (unpaired) electrons. The molecule has 4 rings (SSSR count). The average Bonchev–Trinajstić information content (AvgIpc) is 3.40. The highest BCUT2D eigenvalue weighted by molar-refractivity contribution is 7.12. The number of hydrogen-bond acceptors (Lipinski definition) is 4. The van der Waals surface area contributed by atoms with Crippen LogP contribution in [0.25, 0.3) is 0 Å². The molecule has 1 amide bonds. The zero-order valence-corrected chi connectivity index (χ0v) is 19.0. The second-order valence-electron chi connectivity index (χ2n) is 6.99. The molecule has 158 valence electrons. The van der Waals surface area contributed by atoms with Gasteiger partial charge in [-0.25, -0.2) is 0 Å². The minimum Gasteiger partial charge on any atom is -0.489 e. The first-order valence-corrected chi connectivity index (χ1v) is 11.1. The molecular weight excluding hydrogens is 453 g/mol. The van der Waals surface area contributed by atoms with Gasteiger partial charge in [0, 0.05) is 21.8 Å². The third-order valence-corrected chi connectivity index (χ3v) is 6.36. The molecule has 0 saturated heterocycles. The number of hydrogen-bond donors (Lipinski definition) is 1. The standard InChI is InChI=1S/C23H19Cl2N3O2S/c1-15-8-19(6-7-20(15)24)30-13-16-9-22(31-14-16)23(29)27-18-10-26-28(12-18)11-17-4-2-3-5-21(17)25/h2-10,12,14H,11,13H2,1H3,(H,27,29). The third kappa shape index (κ3) is 5.47. The molecule has 0 atom stereocenters. The van der Waals surface area contributed by atoms with Crippen LogP contribution >= 0.6 is 34.5 Å². The van der Waals surface area contributed by atoms with Gasteiger partial charge in [-0.15, -0.1) is 11.3 Å². The first-order valence-electron chi connectivity index (χ1n) is 9.51. The lowest BCUT2D eigenvalue weighted by atomic mass is 10.2. The van der Waals surface area contributed by atoms with E-state index in [4.69, 9.17) is 27.9 Å². The smallest absolute Gasteiger partial charge is 0.265 e. The molecule has 0 unspecified atom stereocenters. The van der Waals surface area contributed by atoms with Crippen LogP contribution in [0.2, 0.25) is 10.0 Å². The zero-order chi connectivity index (χ0) is 21.8. The Hall–Kier alpha value is -2.80. The van der Waals surface area contributed by atoms with Crippen molar-refractivity contribution >= 4 is 46.1 Å².